The molecule has 0 N–H and O–H groups in total. The smallest absolute Gasteiger partial charge is 0.410 e. The number of hydrogen-bond donors (Lipinski definition) is 0. The normalized spacial score (nSPS) is 16.2. The van der Waals surface area contributed by atoms with Gasteiger partial charge in [-0.3, -0.25) is 0 Å². The Kier molecular flexibility index (Phi) is 6.76. The summed E-state index contributed by atoms with van der Waals surface area (Å²) >= 11 is 1.16. The molecular formula is C21H27FN5O5S2+. The Hall–Kier alpha value is -2.80. The highest BCUT2D eigenvalue weighted by Gasteiger charge is 2.30. The fraction of sp³-hybridized carbons (Fsp3) is 0.524. The van der Waals surface area contributed by atoms with Gasteiger partial charge in [-0.15, -0.1) is 0 Å². The third-order valence-electron chi connectivity index (χ3n) is 5.68. The molecule has 0 spiro atoms. The summed E-state index contributed by atoms with van der Waals surface area (Å²) in [6, 6.07) is 3.73. The van der Waals surface area contributed by atoms with Crippen molar-refractivity contribution in [2.24, 2.45) is 5.92 Å². The van der Waals surface area contributed by atoms with Gasteiger partial charge in [0.15, 0.2) is 16.0 Å². The summed E-state index contributed by atoms with van der Waals surface area (Å²) in [5.41, 5.74) is 0.498. The minimum Gasteiger partial charge on any atom is -0.463 e. The van der Waals surface area contributed by atoms with Crippen LogP contribution in [-0.4, -0.2) is 65.2 Å². The molecule has 1 atom stereocenters. The molecule has 184 valence electrons. The molecule has 13 heteroatoms. The number of fused-ring (bicyclic) bond motifs is 1. The number of carbonyl (C=O) groups excluding carboxylic acids is 1. The summed E-state index contributed by atoms with van der Waals surface area (Å²) in [4.78, 5) is 13.7. The Balaban J connectivity index is 1.39. The minimum atomic E-state index is -3.50. The Labute approximate surface area is 200 Å². The highest BCUT2D eigenvalue weighted by Crippen LogP contribution is 2.27. The van der Waals surface area contributed by atoms with Crippen LogP contribution in [-0.2, 0) is 14.6 Å². The SMILES string of the molecule is CC(C)OC(=O)N1CCC(C(C)Oc2n[n+]3cc(-c4ccc(S(C)(=O)=O)cc4F)nn3s2)CC1. The number of rotatable bonds is 6. The Morgan fingerprint density at radius 1 is 1.26 bits per heavy atom. The average molecular weight is 513 g/mol. The standard InChI is InChI=1S/C21H27FN5O5S2/c1-13(2)31-21(28)25-9-7-15(8-10-25)14(3)32-20-24-26-12-19(23-27(26)33-20)17-6-5-16(11-18(17)22)34(4,29)30/h5-6,11-15H,7-10H2,1-4H3/q+1. The lowest BCUT2D eigenvalue weighted by molar-refractivity contribution is -0.672. The molecule has 3 aromatic rings. The van der Waals surface area contributed by atoms with Crippen LogP contribution in [0.25, 0.3) is 11.3 Å². The number of ether oxygens (including phenoxy) is 2. The number of likely N-dealkylation sites (tertiary alicyclic amines) is 1. The van der Waals surface area contributed by atoms with Crippen molar-refractivity contribution in [1.82, 2.24) is 19.1 Å². The van der Waals surface area contributed by atoms with Crippen molar-refractivity contribution in [2.45, 2.75) is 50.7 Å². The third kappa shape index (κ3) is 5.30. The molecule has 1 amide bonds. The van der Waals surface area contributed by atoms with Crippen LogP contribution in [0.3, 0.4) is 0 Å². The van der Waals surface area contributed by atoms with Gasteiger partial charge in [-0.2, -0.15) is 0 Å². The zero-order valence-electron chi connectivity index (χ0n) is 19.3. The molecule has 34 heavy (non-hydrogen) atoms. The van der Waals surface area contributed by atoms with E-state index in [0.717, 1.165) is 36.7 Å². The molecule has 0 saturated carbocycles. The monoisotopic (exact) mass is 512 g/mol. The zero-order valence-corrected chi connectivity index (χ0v) is 21.0. The summed E-state index contributed by atoms with van der Waals surface area (Å²) in [5.74, 6) is -0.412. The van der Waals surface area contributed by atoms with Gasteiger partial charge in [0.2, 0.25) is 0 Å². The Bertz CT molecular complexity index is 1270. The molecule has 0 radical (unpaired) electrons. The van der Waals surface area contributed by atoms with Gasteiger partial charge in [0, 0.05) is 19.3 Å². The molecule has 4 rings (SSSR count). The largest absolute Gasteiger partial charge is 0.463 e. The Morgan fingerprint density at radius 3 is 2.56 bits per heavy atom. The second-order valence-corrected chi connectivity index (χ2v) is 11.5. The molecule has 10 nitrogen and oxygen atoms in total. The van der Waals surface area contributed by atoms with E-state index in [4.69, 9.17) is 9.47 Å². The van der Waals surface area contributed by atoms with E-state index < -0.39 is 15.7 Å². The van der Waals surface area contributed by atoms with Gasteiger partial charge in [0.25, 0.3) is 5.69 Å². The molecule has 2 aromatic heterocycles. The summed E-state index contributed by atoms with van der Waals surface area (Å²) < 4.78 is 51.9. The maximum absolute atomic E-state index is 14.5. The molecule has 1 aliphatic rings. The lowest BCUT2D eigenvalue weighted by Gasteiger charge is -2.34. The van der Waals surface area contributed by atoms with Gasteiger partial charge in [0.1, 0.15) is 11.9 Å². The molecule has 0 bridgehead atoms. The zero-order chi connectivity index (χ0) is 24.6. The van der Waals surface area contributed by atoms with Crippen molar-refractivity contribution < 1.29 is 31.7 Å². The first-order valence-electron chi connectivity index (χ1n) is 10.9. The lowest BCUT2D eigenvalue weighted by atomic mass is 9.92. The number of piperidine rings is 1. The molecule has 1 aromatic carbocycles. The first kappa shape index (κ1) is 24.3. The number of benzene rings is 1. The molecular weight excluding hydrogens is 485 g/mol. The van der Waals surface area contributed by atoms with E-state index in [9.17, 15) is 17.6 Å². The second kappa shape index (κ2) is 9.45. The highest BCUT2D eigenvalue weighted by molar-refractivity contribution is 7.90. The van der Waals surface area contributed by atoms with E-state index in [1.807, 2.05) is 20.8 Å². The third-order valence-corrected chi connectivity index (χ3v) is 7.54. The number of carbonyl (C=O) groups is 1. The number of hydrogen-bond acceptors (Lipinski definition) is 8. The number of sulfone groups is 1. The van der Waals surface area contributed by atoms with Crippen LogP contribution in [0, 0.1) is 11.7 Å². The fourth-order valence-electron chi connectivity index (χ4n) is 3.81. The van der Waals surface area contributed by atoms with Crippen LogP contribution in [0.4, 0.5) is 9.18 Å². The van der Waals surface area contributed by atoms with Gasteiger partial charge in [0.05, 0.1) is 37.2 Å². The van der Waals surface area contributed by atoms with Crippen LogP contribution in [0.1, 0.15) is 33.6 Å². The minimum absolute atomic E-state index is 0.0899. The van der Waals surface area contributed by atoms with E-state index in [1.54, 1.807) is 11.1 Å². The predicted molar refractivity (Wildman–Crippen MR) is 121 cm³/mol. The van der Waals surface area contributed by atoms with Crippen LogP contribution < -0.4 is 9.37 Å². The van der Waals surface area contributed by atoms with Crippen LogP contribution in [0.15, 0.2) is 29.3 Å². The van der Waals surface area contributed by atoms with Crippen LogP contribution in [0.2, 0.25) is 0 Å². The molecule has 0 aliphatic carbocycles. The van der Waals surface area contributed by atoms with Crippen molar-refractivity contribution in [3.63, 3.8) is 0 Å². The summed E-state index contributed by atoms with van der Waals surface area (Å²) in [5, 5.41) is 9.12. The second-order valence-electron chi connectivity index (χ2n) is 8.64. The van der Waals surface area contributed by atoms with E-state index in [0.29, 0.717) is 24.0 Å². The van der Waals surface area contributed by atoms with Gasteiger partial charge >= 0.3 is 11.3 Å². The maximum atomic E-state index is 14.5. The van der Waals surface area contributed by atoms with Gasteiger partial charge in [-0.05, 0) is 67.5 Å². The topological polar surface area (TPSA) is 107 Å². The van der Waals surface area contributed by atoms with E-state index in [2.05, 4.69) is 10.2 Å². The van der Waals surface area contributed by atoms with Gasteiger partial charge < -0.3 is 14.4 Å². The van der Waals surface area contributed by atoms with Crippen molar-refractivity contribution >= 4 is 27.5 Å². The summed E-state index contributed by atoms with van der Waals surface area (Å²) in [7, 11) is -3.50. The molecule has 1 unspecified atom stereocenters. The van der Waals surface area contributed by atoms with E-state index >= 15 is 0 Å². The highest BCUT2D eigenvalue weighted by atomic mass is 32.2. The van der Waals surface area contributed by atoms with Crippen molar-refractivity contribution in [2.75, 3.05) is 19.3 Å². The fourth-order valence-corrected chi connectivity index (χ4v) is 5.19. The van der Waals surface area contributed by atoms with Crippen LogP contribution >= 0.6 is 11.5 Å². The molecule has 3 heterocycles. The molecule has 1 fully saturated rings. The lowest BCUT2D eigenvalue weighted by Crippen LogP contribution is -2.42. The molecule has 1 saturated heterocycles. The number of aromatic nitrogens is 4. The maximum Gasteiger partial charge on any atom is 0.410 e. The van der Waals surface area contributed by atoms with Crippen molar-refractivity contribution in [1.29, 1.82) is 0 Å². The average Bonchev–Trinajstić information content (AvgIpc) is 3.31. The van der Waals surface area contributed by atoms with E-state index in [-0.39, 0.29) is 34.7 Å². The summed E-state index contributed by atoms with van der Waals surface area (Å²) in [6.45, 7) is 6.88. The first-order chi connectivity index (χ1) is 16.0. The number of halogens is 1. The summed E-state index contributed by atoms with van der Waals surface area (Å²) in [6.07, 6.45) is 3.65. The van der Waals surface area contributed by atoms with E-state index in [1.165, 1.54) is 20.8 Å². The number of amides is 1. The quantitative estimate of drug-likeness (QED) is 0.467. The predicted octanol–water partition coefficient (Wildman–Crippen LogP) is 2.61. The van der Waals surface area contributed by atoms with Gasteiger partial charge in [-0.25, -0.2) is 17.6 Å². The van der Waals surface area contributed by atoms with Crippen molar-refractivity contribution in [3.05, 3.63) is 30.2 Å². The first-order valence-corrected chi connectivity index (χ1v) is 13.6. The number of nitrogens with zero attached hydrogens (tertiary/aromatic N) is 5. The molecule has 1 aliphatic heterocycles. The Morgan fingerprint density at radius 2 is 1.97 bits per heavy atom. The van der Waals surface area contributed by atoms with Crippen LogP contribution in [0.5, 0.6) is 5.19 Å². The van der Waals surface area contributed by atoms with Gasteiger partial charge in [-0.1, -0.05) is 0 Å². The van der Waals surface area contributed by atoms with Crippen molar-refractivity contribution in [3.8, 4) is 16.5 Å².